The van der Waals surface area contributed by atoms with Crippen LogP contribution in [0.1, 0.15) is 42.5 Å². The van der Waals surface area contributed by atoms with Crippen molar-refractivity contribution in [1.29, 1.82) is 0 Å². The smallest absolute Gasteiger partial charge is 0.310 e. The van der Waals surface area contributed by atoms with Crippen LogP contribution in [0, 0.1) is 0 Å². The first kappa shape index (κ1) is 15.2. The Morgan fingerprint density at radius 3 is 2.68 bits per heavy atom. The van der Waals surface area contributed by atoms with Gasteiger partial charge in [0.05, 0.1) is 31.4 Å². The average Bonchev–Trinajstić information content (AvgIpc) is 3.09. The standard InChI is InChI=1S/C15H19NO6/c1-2-9(14(19)20)10-7-12-15(21-5-6-22-15)3-4-16(12)13(18)11(10)8-17/h7,9,17H,2-6,8H2,1H3,(H,19,20). The maximum Gasteiger partial charge on any atom is 0.310 e. The van der Waals surface area contributed by atoms with E-state index >= 15 is 0 Å². The molecule has 3 rings (SSSR count). The number of aromatic nitrogens is 1. The van der Waals surface area contributed by atoms with Crippen molar-refractivity contribution < 1.29 is 24.5 Å². The van der Waals surface area contributed by atoms with Crippen LogP contribution in [-0.2, 0) is 33.2 Å². The van der Waals surface area contributed by atoms with E-state index in [9.17, 15) is 19.8 Å². The summed E-state index contributed by atoms with van der Waals surface area (Å²) in [6.07, 6.45) is 0.848. The molecule has 120 valence electrons. The molecule has 1 saturated heterocycles. The summed E-state index contributed by atoms with van der Waals surface area (Å²) in [5.74, 6) is -2.79. The van der Waals surface area contributed by atoms with Crippen molar-refractivity contribution in [2.45, 2.75) is 44.6 Å². The number of rotatable bonds is 4. The molecule has 1 aromatic heterocycles. The highest BCUT2D eigenvalue weighted by Gasteiger charge is 2.46. The van der Waals surface area contributed by atoms with Crippen molar-refractivity contribution in [2.24, 2.45) is 0 Å². The molecule has 0 radical (unpaired) electrons. The van der Waals surface area contributed by atoms with Gasteiger partial charge in [0, 0.05) is 18.5 Å². The molecule has 0 saturated carbocycles. The van der Waals surface area contributed by atoms with E-state index in [1.807, 2.05) is 0 Å². The summed E-state index contributed by atoms with van der Waals surface area (Å²) in [6, 6.07) is 1.66. The number of carbonyl (C=O) groups is 1. The van der Waals surface area contributed by atoms with Crippen LogP contribution in [0.4, 0.5) is 0 Å². The molecule has 7 nitrogen and oxygen atoms in total. The molecule has 22 heavy (non-hydrogen) atoms. The van der Waals surface area contributed by atoms with Crippen LogP contribution in [0.2, 0.25) is 0 Å². The molecule has 7 heteroatoms. The van der Waals surface area contributed by atoms with E-state index in [-0.39, 0.29) is 11.1 Å². The number of ether oxygens (including phenoxy) is 2. The molecule has 1 aromatic rings. The van der Waals surface area contributed by atoms with Gasteiger partial charge in [0.25, 0.3) is 5.56 Å². The summed E-state index contributed by atoms with van der Waals surface area (Å²) < 4.78 is 12.9. The van der Waals surface area contributed by atoms with Gasteiger partial charge in [-0.1, -0.05) is 6.92 Å². The van der Waals surface area contributed by atoms with Gasteiger partial charge < -0.3 is 24.3 Å². The van der Waals surface area contributed by atoms with Gasteiger partial charge in [0.2, 0.25) is 5.79 Å². The number of aliphatic hydroxyl groups excluding tert-OH is 1. The second kappa shape index (κ2) is 5.49. The van der Waals surface area contributed by atoms with Gasteiger partial charge in [-0.15, -0.1) is 0 Å². The fourth-order valence-corrected chi connectivity index (χ4v) is 3.38. The third-order valence-corrected chi connectivity index (χ3v) is 4.48. The maximum atomic E-state index is 12.6. The number of carboxylic acids is 1. The molecule has 2 aliphatic heterocycles. The summed E-state index contributed by atoms with van der Waals surface area (Å²) in [5, 5.41) is 18.9. The number of carboxylic acid groups (broad SMARTS) is 1. The Morgan fingerprint density at radius 1 is 1.45 bits per heavy atom. The highest BCUT2D eigenvalue weighted by Crippen LogP contribution is 2.40. The van der Waals surface area contributed by atoms with Gasteiger partial charge in [0.15, 0.2) is 0 Å². The van der Waals surface area contributed by atoms with E-state index in [1.165, 1.54) is 4.57 Å². The number of pyridine rings is 1. The molecule has 2 N–H and O–H groups in total. The molecular weight excluding hydrogens is 290 g/mol. The minimum atomic E-state index is -1.01. The SMILES string of the molecule is CCC(C(=O)O)c1cc2n(c(=O)c1CO)CCC21OCCO1. The fourth-order valence-electron chi connectivity index (χ4n) is 3.38. The Hall–Kier alpha value is -1.70. The molecule has 1 atom stereocenters. The van der Waals surface area contributed by atoms with Crippen LogP contribution >= 0.6 is 0 Å². The lowest BCUT2D eigenvalue weighted by molar-refractivity contribution is -0.163. The molecule has 0 aliphatic carbocycles. The molecule has 1 unspecified atom stereocenters. The average molecular weight is 309 g/mol. The number of nitrogens with zero attached hydrogens (tertiary/aromatic N) is 1. The van der Waals surface area contributed by atoms with Crippen molar-refractivity contribution in [3.05, 3.63) is 33.2 Å². The third-order valence-electron chi connectivity index (χ3n) is 4.48. The summed E-state index contributed by atoms with van der Waals surface area (Å²) in [7, 11) is 0. The number of aliphatic hydroxyl groups is 1. The molecule has 0 amide bonds. The molecule has 1 fully saturated rings. The predicted molar refractivity (Wildman–Crippen MR) is 75.5 cm³/mol. The van der Waals surface area contributed by atoms with Crippen LogP contribution in [0.5, 0.6) is 0 Å². The lowest BCUT2D eigenvalue weighted by Crippen LogP contribution is -2.31. The Labute approximate surface area is 127 Å². The van der Waals surface area contributed by atoms with E-state index in [0.29, 0.717) is 43.9 Å². The van der Waals surface area contributed by atoms with E-state index < -0.39 is 24.3 Å². The van der Waals surface area contributed by atoms with E-state index in [4.69, 9.17) is 9.47 Å². The van der Waals surface area contributed by atoms with Crippen LogP contribution in [0.25, 0.3) is 0 Å². The normalized spacial score (nSPS) is 20.3. The Balaban J connectivity index is 2.21. The minimum Gasteiger partial charge on any atom is -0.481 e. The zero-order valence-corrected chi connectivity index (χ0v) is 12.4. The van der Waals surface area contributed by atoms with Crippen molar-refractivity contribution in [3.63, 3.8) is 0 Å². The quantitative estimate of drug-likeness (QED) is 0.841. The van der Waals surface area contributed by atoms with Gasteiger partial charge in [-0.3, -0.25) is 9.59 Å². The van der Waals surface area contributed by atoms with Gasteiger partial charge in [-0.25, -0.2) is 0 Å². The van der Waals surface area contributed by atoms with E-state index in [2.05, 4.69) is 0 Å². The number of hydrogen-bond acceptors (Lipinski definition) is 5. The highest BCUT2D eigenvalue weighted by atomic mass is 16.7. The first-order valence-electron chi connectivity index (χ1n) is 7.42. The van der Waals surface area contributed by atoms with Crippen molar-refractivity contribution in [2.75, 3.05) is 13.2 Å². The first-order valence-corrected chi connectivity index (χ1v) is 7.42. The molecule has 2 aliphatic rings. The van der Waals surface area contributed by atoms with Crippen LogP contribution in [0.15, 0.2) is 10.9 Å². The van der Waals surface area contributed by atoms with Gasteiger partial charge >= 0.3 is 5.97 Å². The first-order chi connectivity index (χ1) is 10.5. The monoisotopic (exact) mass is 309 g/mol. The minimum absolute atomic E-state index is 0.146. The predicted octanol–water partition coefficient (Wildman–Crippen LogP) is 0.522. The van der Waals surface area contributed by atoms with Gasteiger partial charge in [-0.05, 0) is 18.1 Å². The fraction of sp³-hybridized carbons (Fsp3) is 0.600. The summed E-state index contributed by atoms with van der Waals surface area (Å²) >= 11 is 0. The Kier molecular flexibility index (Phi) is 3.80. The van der Waals surface area contributed by atoms with E-state index in [1.54, 1.807) is 13.0 Å². The Bertz CT molecular complexity index is 659. The van der Waals surface area contributed by atoms with Crippen molar-refractivity contribution >= 4 is 5.97 Å². The number of aliphatic carboxylic acids is 1. The Morgan fingerprint density at radius 2 is 2.14 bits per heavy atom. The van der Waals surface area contributed by atoms with E-state index in [0.717, 1.165) is 0 Å². The second-order valence-corrected chi connectivity index (χ2v) is 5.58. The molecule has 0 bridgehead atoms. The van der Waals surface area contributed by atoms with Crippen LogP contribution < -0.4 is 5.56 Å². The lowest BCUT2D eigenvalue weighted by Gasteiger charge is -2.24. The van der Waals surface area contributed by atoms with Gasteiger partial charge in [0.1, 0.15) is 0 Å². The lowest BCUT2D eigenvalue weighted by atomic mass is 9.92. The van der Waals surface area contributed by atoms with Crippen molar-refractivity contribution in [3.8, 4) is 0 Å². The second-order valence-electron chi connectivity index (χ2n) is 5.58. The van der Waals surface area contributed by atoms with Crippen LogP contribution in [-0.4, -0.2) is 34.0 Å². The topological polar surface area (TPSA) is 98.0 Å². The van der Waals surface area contributed by atoms with Crippen LogP contribution in [0.3, 0.4) is 0 Å². The summed E-state index contributed by atoms with van der Waals surface area (Å²) in [5.41, 5.74) is 0.703. The molecule has 1 spiro atoms. The van der Waals surface area contributed by atoms with Gasteiger partial charge in [-0.2, -0.15) is 0 Å². The largest absolute Gasteiger partial charge is 0.481 e. The number of fused-ring (bicyclic) bond motifs is 2. The summed E-state index contributed by atoms with van der Waals surface area (Å²) in [6.45, 7) is 2.59. The van der Waals surface area contributed by atoms with Crippen molar-refractivity contribution in [1.82, 2.24) is 4.57 Å². The maximum absolute atomic E-state index is 12.6. The molecule has 0 aromatic carbocycles. The zero-order valence-electron chi connectivity index (χ0n) is 12.4. The number of hydrogen-bond donors (Lipinski definition) is 2. The molecule has 3 heterocycles. The molecular formula is C15H19NO6. The third kappa shape index (κ3) is 2.08. The summed E-state index contributed by atoms with van der Waals surface area (Å²) in [4.78, 5) is 24.1. The highest BCUT2D eigenvalue weighted by molar-refractivity contribution is 5.76. The zero-order chi connectivity index (χ0) is 15.9.